The van der Waals surface area contributed by atoms with E-state index in [4.69, 9.17) is 4.74 Å². The van der Waals surface area contributed by atoms with Crippen LogP contribution in [0.15, 0.2) is 12.7 Å². The van der Waals surface area contributed by atoms with Crippen molar-refractivity contribution in [2.24, 2.45) is 0 Å². The minimum Gasteiger partial charge on any atom is -0.747 e. The van der Waals surface area contributed by atoms with E-state index in [0.29, 0.717) is 6.42 Å². The van der Waals surface area contributed by atoms with E-state index in [2.05, 4.69) is 18.2 Å². The van der Waals surface area contributed by atoms with Crippen LogP contribution in [0.5, 0.6) is 0 Å². The zero-order chi connectivity index (χ0) is 20.5. The quantitative estimate of drug-likeness (QED) is 0.109. The molecule has 0 saturated carbocycles. The van der Waals surface area contributed by atoms with E-state index in [1.165, 1.54) is 44.6 Å². The molecule has 0 spiro atoms. The largest absolute Gasteiger partial charge is 1.00 e. The SMILES string of the molecule is C=CCOC(=O)C(CC(=O)OCCCCCCCCCCCC)S(=O)(=O)[O-].[Na+]. The number of carbonyl (C=O) groups excluding carboxylic acids is 2. The molecule has 0 heterocycles. The van der Waals surface area contributed by atoms with Crippen molar-refractivity contribution < 1.29 is 61.6 Å². The van der Waals surface area contributed by atoms with Gasteiger partial charge >= 0.3 is 41.5 Å². The predicted molar refractivity (Wildman–Crippen MR) is 102 cm³/mol. The maximum Gasteiger partial charge on any atom is 1.00 e. The smallest absolute Gasteiger partial charge is 0.747 e. The zero-order valence-electron chi connectivity index (χ0n) is 17.3. The predicted octanol–water partition coefficient (Wildman–Crippen LogP) is 0.488. The molecule has 0 saturated heterocycles. The van der Waals surface area contributed by atoms with E-state index >= 15 is 0 Å². The van der Waals surface area contributed by atoms with Gasteiger partial charge in [0.2, 0.25) is 0 Å². The van der Waals surface area contributed by atoms with Gasteiger partial charge in [-0.2, -0.15) is 0 Å². The molecule has 0 rings (SSSR count). The van der Waals surface area contributed by atoms with Gasteiger partial charge in [0.15, 0.2) is 5.25 Å². The summed E-state index contributed by atoms with van der Waals surface area (Å²) in [5.41, 5.74) is 0. The first-order chi connectivity index (χ1) is 12.8. The minimum atomic E-state index is -5.00. The monoisotopic (exact) mass is 428 g/mol. The first-order valence-corrected chi connectivity index (χ1v) is 11.2. The number of esters is 2. The molecule has 0 bridgehead atoms. The van der Waals surface area contributed by atoms with Crippen LogP contribution in [0, 0.1) is 0 Å². The third-order valence-electron chi connectivity index (χ3n) is 4.07. The van der Waals surface area contributed by atoms with Crippen molar-refractivity contribution >= 4 is 22.1 Å². The maximum atomic E-state index is 11.7. The Morgan fingerprint density at radius 1 is 0.964 bits per heavy atom. The minimum absolute atomic E-state index is 0. The second-order valence-electron chi connectivity index (χ2n) is 6.51. The zero-order valence-corrected chi connectivity index (χ0v) is 20.1. The molecule has 0 aliphatic rings. The number of carbonyl (C=O) groups is 2. The summed E-state index contributed by atoms with van der Waals surface area (Å²) in [6.45, 7) is 5.41. The molecule has 0 aromatic carbocycles. The molecule has 0 aromatic rings. The summed E-state index contributed by atoms with van der Waals surface area (Å²) in [7, 11) is -5.00. The molecule has 0 radical (unpaired) electrons. The molecule has 0 fully saturated rings. The molecule has 0 aromatic heterocycles. The van der Waals surface area contributed by atoms with Gasteiger partial charge in [-0.15, -0.1) is 0 Å². The Labute approximate surface area is 191 Å². The Morgan fingerprint density at radius 2 is 1.46 bits per heavy atom. The number of unbranched alkanes of at least 4 members (excludes halogenated alkanes) is 9. The van der Waals surface area contributed by atoms with Crippen molar-refractivity contribution in [3.8, 4) is 0 Å². The third-order valence-corrected chi connectivity index (χ3v) is 5.12. The second-order valence-corrected chi connectivity index (χ2v) is 8.06. The molecule has 158 valence electrons. The molecule has 0 aliphatic carbocycles. The van der Waals surface area contributed by atoms with Gasteiger partial charge < -0.3 is 14.0 Å². The molecule has 0 aliphatic heterocycles. The van der Waals surface area contributed by atoms with Gasteiger partial charge in [-0.1, -0.05) is 77.4 Å². The Bertz CT molecular complexity index is 534. The van der Waals surface area contributed by atoms with Crippen LogP contribution in [-0.2, 0) is 29.2 Å². The van der Waals surface area contributed by atoms with Crippen molar-refractivity contribution in [3.63, 3.8) is 0 Å². The molecule has 7 nitrogen and oxygen atoms in total. The van der Waals surface area contributed by atoms with Gasteiger partial charge in [0.05, 0.1) is 13.0 Å². The first-order valence-electron chi connectivity index (χ1n) is 9.70. The van der Waals surface area contributed by atoms with E-state index in [9.17, 15) is 22.6 Å². The molecule has 1 atom stereocenters. The van der Waals surface area contributed by atoms with Gasteiger partial charge in [0.1, 0.15) is 16.7 Å². The molecule has 0 amide bonds. The third kappa shape index (κ3) is 16.5. The molecular weight excluding hydrogens is 395 g/mol. The molecule has 9 heteroatoms. The maximum absolute atomic E-state index is 11.7. The second kappa shape index (κ2) is 18.6. The number of hydrogen-bond acceptors (Lipinski definition) is 7. The number of hydrogen-bond donors (Lipinski definition) is 0. The number of ether oxygens (including phenoxy) is 2. The van der Waals surface area contributed by atoms with Crippen molar-refractivity contribution in [1.82, 2.24) is 0 Å². The Balaban J connectivity index is 0. The van der Waals surface area contributed by atoms with E-state index in [-0.39, 0.29) is 42.8 Å². The van der Waals surface area contributed by atoms with Gasteiger partial charge in [-0.3, -0.25) is 9.59 Å². The molecule has 28 heavy (non-hydrogen) atoms. The van der Waals surface area contributed by atoms with Crippen LogP contribution in [0.25, 0.3) is 0 Å². The van der Waals surface area contributed by atoms with Crippen LogP contribution in [0.1, 0.15) is 77.6 Å². The molecule has 1 unspecified atom stereocenters. The molecule has 0 N–H and O–H groups in total. The van der Waals surface area contributed by atoms with Crippen molar-refractivity contribution in [2.75, 3.05) is 13.2 Å². The van der Waals surface area contributed by atoms with Gasteiger partial charge in [-0.25, -0.2) is 8.42 Å². The van der Waals surface area contributed by atoms with Gasteiger partial charge in [-0.05, 0) is 6.42 Å². The van der Waals surface area contributed by atoms with Gasteiger partial charge in [0, 0.05) is 0 Å². The number of rotatable bonds is 17. The summed E-state index contributed by atoms with van der Waals surface area (Å²) in [4.78, 5) is 23.3. The first kappa shape index (κ1) is 29.8. The average Bonchev–Trinajstić information content (AvgIpc) is 2.61. The van der Waals surface area contributed by atoms with Crippen molar-refractivity contribution in [3.05, 3.63) is 12.7 Å². The van der Waals surface area contributed by atoms with E-state index in [0.717, 1.165) is 19.3 Å². The van der Waals surface area contributed by atoms with E-state index in [1.54, 1.807) is 0 Å². The summed E-state index contributed by atoms with van der Waals surface area (Å²) >= 11 is 0. The van der Waals surface area contributed by atoms with Crippen LogP contribution < -0.4 is 29.6 Å². The Hall–Kier alpha value is -0.410. The summed E-state index contributed by atoms with van der Waals surface area (Å²) in [6.07, 6.45) is 11.8. The van der Waals surface area contributed by atoms with Crippen molar-refractivity contribution in [2.45, 2.75) is 82.8 Å². The topological polar surface area (TPSA) is 110 Å². The summed E-state index contributed by atoms with van der Waals surface area (Å²) in [6, 6.07) is 0. The fraction of sp³-hybridized carbons (Fsp3) is 0.789. The van der Waals surface area contributed by atoms with E-state index in [1.807, 2.05) is 0 Å². The molecular formula is C19H33NaO7S. The average molecular weight is 429 g/mol. The fourth-order valence-corrected chi connectivity index (χ4v) is 3.17. The van der Waals surface area contributed by atoms with Gasteiger partial charge in [0.25, 0.3) is 0 Å². The van der Waals surface area contributed by atoms with Crippen LogP contribution >= 0.6 is 0 Å². The summed E-state index contributed by atoms with van der Waals surface area (Å²) in [5.74, 6) is -2.16. The van der Waals surface area contributed by atoms with Crippen LogP contribution in [0.4, 0.5) is 0 Å². The van der Waals surface area contributed by atoms with Crippen LogP contribution in [0.3, 0.4) is 0 Å². The van der Waals surface area contributed by atoms with E-state index < -0.39 is 33.7 Å². The Kier molecular flexibility index (Phi) is 19.8. The van der Waals surface area contributed by atoms with Crippen LogP contribution in [-0.4, -0.2) is 43.4 Å². The van der Waals surface area contributed by atoms with Crippen molar-refractivity contribution in [1.29, 1.82) is 0 Å². The standard InChI is InChI=1S/C19H34O7S.Na/c1-3-5-6-7-8-9-10-11-12-13-15-25-18(20)16-17(27(22,23)24)19(21)26-14-4-2;/h4,17H,2-3,5-16H2,1H3,(H,22,23,24);/q;+1/p-1. The Morgan fingerprint density at radius 3 is 1.93 bits per heavy atom. The summed E-state index contributed by atoms with van der Waals surface area (Å²) < 4.78 is 42.9. The van der Waals surface area contributed by atoms with Crippen LogP contribution in [0.2, 0.25) is 0 Å². The normalized spacial score (nSPS) is 11.9. The summed E-state index contributed by atoms with van der Waals surface area (Å²) in [5, 5.41) is -2.09. The fourth-order valence-electron chi connectivity index (χ4n) is 2.52.